The molecule has 0 amide bonds. The van der Waals surface area contributed by atoms with Crippen LogP contribution in [0.2, 0.25) is 0 Å². The van der Waals surface area contributed by atoms with Crippen molar-refractivity contribution < 1.29 is 4.52 Å². The van der Waals surface area contributed by atoms with Gasteiger partial charge in [0.1, 0.15) is 0 Å². The molecule has 0 bridgehead atoms. The van der Waals surface area contributed by atoms with Gasteiger partial charge in [0.2, 0.25) is 0 Å². The van der Waals surface area contributed by atoms with E-state index in [0.29, 0.717) is 11.7 Å². The zero-order chi connectivity index (χ0) is 11.5. The second-order valence-electron chi connectivity index (χ2n) is 3.34. The topological polar surface area (TPSA) is 38.9 Å². The lowest BCUT2D eigenvalue weighted by Crippen LogP contribution is -1.90. The molecule has 2 rings (SSSR count). The standard InChI is InChI=1S/C11H10BrClN2O/c1-2-9(13)10-14-11(16-15-10)7-4-3-5-8(12)6-7/h3-6,9H,2H2,1H3. The van der Waals surface area contributed by atoms with Gasteiger partial charge in [0.05, 0.1) is 5.38 Å². The first kappa shape index (κ1) is 11.6. The lowest BCUT2D eigenvalue weighted by molar-refractivity contribution is 0.421. The molecule has 1 aromatic carbocycles. The quantitative estimate of drug-likeness (QED) is 0.798. The van der Waals surface area contributed by atoms with Gasteiger partial charge >= 0.3 is 0 Å². The summed E-state index contributed by atoms with van der Waals surface area (Å²) in [6.07, 6.45) is 0.777. The molecule has 0 aliphatic rings. The molecule has 1 heterocycles. The van der Waals surface area contributed by atoms with E-state index in [9.17, 15) is 0 Å². The van der Waals surface area contributed by atoms with Gasteiger partial charge in [0.25, 0.3) is 5.89 Å². The van der Waals surface area contributed by atoms with E-state index in [-0.39, 0.29) is 5.38 Å². The van der Waals surface area contributed by atoms with Crippen molar-refractivity contribution in [1.29, 1.82) is 0 Å². The normalized spacial score (nSPS) is 12.7. The highest BCUT2D eigenvalue weighted by Crippen LogP contribution is 2.25. The third-order valence-corrected chi connectivity index (χ3v) is 3.15. The van der Waals surface area contributed by atoms with Gasteiger partial charge in [-0.2, -0.15) is 4.98 Å². The highest BCUT2D eigenvalue weighted by atomic mass is 79.9. The van der Waals surface area contributed by atoms with Gasteiger partial charge < -0.3 is 4.52 Å². The van der Waals surface area contributed by atoms with Crippen LogP contribution in [-0.2, 0) is 0 Å². The van der Waals surface area contributed by atoms with Gasteiger partial charge in [-0.3, -0.25) is 0 Å². The average Bonchev–Trinajstić information content (AvgIpc) is 2.77. The molecule has 3 nitrogen and oxygen atoms in total. The van der Waals surface area contributed by atoms with Crippen LogP contribution in [0.5, 0.6) is 0 Å². The third kappa shape index (κ3) is 2.44. The van der Waals surface area contributed by atoms with E-state index in [1.165, 1.54) is 0 Å². The second-order valence-corrected chi connectivity index (χ2v) is 4.79. The van der Waals surface area contributed by atoms with Crippen molar-refractivity contribution in [3.8, 4) is 11.5 Å². The van der Waals surface area contributed by atoms with Gasteiger partial charge in [0.15, 0.2) is 5.82 Å². The number of hydrogen-bond donors (Lipinski definition) is 0. The van der Waals surface area contributed by atoms with E-state index >= 15 is 0 Å². The van der Waals surface area contributed by atoms with E-state index in [0.717, 1.165) is 16.5 Å². The number of rotatable bonds is 3. The highest BCUT2D eigenvalue weighted by molar-refractivity contribution is 9.10. The Morgan fingerprint density at radius 2 is 2.31 bits per heavy atom. The predicted molar refractivity (Wildman–Crippen MR) is 66.3 cm³/mol. The Morgan fingerprint density at radius 1 is 1.50 bits per heavy atom. The summed E-state index contributed by atoms with van der Waals surface area (Å²) >= 11 is 9.42. The molecule has 1 unspecified atom stereocenters. The molecule has 0 aliphatic heterocycles. The molecule has 0 saturated heterocycles. The van der Waals surface area contributed by atoms with Crippen LogP contribution in [0.15, 0.2) is 33.3 Å². The molecule has 1 aromatic heterocycles. The monoisotopic (exact) mass is 300 g/mol. The fraction of sp³-hybridized carbons (Fsp3) is 0.273. The van der Waals surface area contributed by atoms with E-state index < -0.39 is 0 Å². The Morgan fingerprint density at radius 3 is 3.00 bits per heavy atom. The van der Waals surface area contributed by atoms with Gasteiger partial charge in [-0.15, -0.1) is 11.6 Å². The number of nitrogens with zero attached hydrogens (tertiary/aromatic N) is 2. The summed E-state index contributed by atoms with van der Waals surface area (Å²) in [6, 6.07) is 7.70. The fourth-order valence-electron chi connectivity index (χ4n) is 1.28. The molecule has 84 valence electrons. The Bertz CT molecular complexity index is 486. The van der Waals surface area contributed by atoms with Crippen LogP contribution >= 0.6 is 27.5 Å². The molecule has 1 atom stereocenters. The van der Waals surface area contributed by atoms with Crippen molar-refractivity contribution in [3.05, 3.63) is 34.6 Å². The molecular formula is C11H10BrClN2O. The summed E-state index contributed by atoms with van der Waals surface area (Å²) in [5.74, 6) is 1.04. The molecular weight excluding hydrogens is 291 g/mol. The molecule has 0 saturated carbocycles. The zero-order valence-corrected chi connectivity index (χ0v) is 11.0. The molecule has 0 fully saturated rings. The highest BCUT2D eigenvalue weighted by Gasteiger charge is 2.14. The minimum absolute atomic E-state index is 0.190. The van der Waals surface area contributed by atoms with Gasteiger partial charge in [-0.1, -0.05) is 34.1 Å². The molecule has 0 radical (unpaired) electrons. The van der Waals surface area contributed by atoms with Gasteiger partial charge in [0, 0.05) is 10.0 Å². The van der Waals surface area contributed by atoms with Crippen molar-refractivity contribution in [3.63, 3.8) is 0 Å². The van der Waals surface area contributed by atoms with Crippen LogP contribution in [0, 0.1) is 0 Å². The first-order valence-electron chi connectivity index (χ1n) is 4.94. The summed E-state index contributed by atoms with van der Waals surface area (Å²) in [6.45, 7) is 1.98. The lowest BCUT2D eigenvalue weighted by atomic mass is 10.2. The molecule has 16 heavy (non-hydrogen) atoms. The van der Waals surface area contributed by atoms with E-state index in [2.05, 4.69) is 26.1 Å². The number of benzene rings is 1. The largest absolute Gasteiger partial charge is 0.334 e. The van der Waals surface area contributed by atoms with Crippen LogP contribution < -0.4 is 0 Å². The van der Waals surface area contributed by atoms with E-state index in [4.69, 9.17) is 16.1 Å². The SMILES string of the molecule is CCC(Cl)c1noc(-c2cccc(Br)c2)n1. The molecule has 0 N–H and O–H groups in total. The van der Waals surface area contributed by atoms with Crippen LogP contribution in [-0.4, -0.2) is 10.1 Å². The van der Waals surface area contributed by atoms with Crippen LogP contribution in [0.25, 0.3) is 11.5 Å². The van der Waals surface area contributed by atoms with Crippen molar-refractivity contribution >= 4 is 27.5 Å². The summed E-state index contributed by atoms with van der Waals surface area (Å²) in [7, 11) is 0. The first-order chi connectivity index (χ1) is 7.70. The summed E-state index contributed by atoms with van der Waals surface area (Å²) in [5, 5.41) is 3.67. The molecule has 0 aliphatic carbocycles. The van der Waals surface area contributed by atoms with E-state index in [1.54, 1.807) is 0 Å². The Hall–Kier alpha value is -0.870. The first-order valence-corrected chi connectivity index (χ1v) is 6.17. The average molecular weight is 302 g/mol. The van der Waals surface area contributed by atoms with Crippen molar-refractivity contribution in [2.45, 2.75) is 18.7 Å². The molecule has 5 heteroatoms. The number of hydrogen-bond acceptors (Lipinski definition) is 3. The maximum absolute atomic E-state index is 6.03. The fourth-order valence-corrected chi connectivity index (χ4v) is 1.77. The van der Waals surface area contributed by atoms with Gasteiger partial charge in [-0.05, 0) is 24.6 Å². The van der Waals surface area contributed by atoms with Crippen molar-refractivity contribution in [1.82, 2.24) is 10.1 Å². The number of halogens is 2. The van der Waals surface area contributed by atoms with Crippen molar-refractivity contribution in [2.75, 3.05) is 0 Å². The van der Waals surface area contributed by atoms with E-state index in [1.807, 2.05) is 31.2 Å². The van der Waals surface area contributed by atoms with Crippen molar-refractivity contribution in [2.24, 2.45) is 0 Å². The Labute approximate surface area is 107 Å². The Kier molecular flexibility index (Phi) is 3.61. The Balaban J connectivity index is 2.31. The second kappa shape index (κ2) is 4.97. The minimum Gasteiger partial charge on any atom is -0.334 e. The number of alkyl halides is 1. The molecule has 0 spiro atoms. The summed E-state index contributed by atoms with van der Waals surface area (Å²) < 4.78 is 6.14. The third-order valence-electron chi connectivity index (χ3n) is 2.15. The van der Waals surface area contributed by atoms with Crippen LogP contribution in [0.3, 0.4) is 0 Å². The zero-order valence-electron chi connectivity index (χ0n) is 8.65. The summed E-state index contributed by atoms with van der Waals surface area (Å²) in [5.41, 5.74) is 0.882. The smallest absolute Gasteiger partial charge is 0.258 e. The molecule has 2 aromatic rings. The van der Waals surface area contributed by atoms with Crippen LogP contribution in [0.4, 0.5) is 0 Å². The minimum atomic E-state index is -0.190. The maximum Gasteiger partial charge on any atom is 0.258 e. The lowest BCUT2D eigenvalue weighted by Gasteiger charge is -1.96. The summed E-state index contributed by atoms with van der Waals surface area (Å²) in [4.78, 5) is 4.26. The number of aromatic nitrogens is 2. The predicted octanol–water partition coefficient (Wildman–Crippen LogP) is 4.19. The maximum atomic E-state index is 6.03. The van der Waals surface area contributed by atoms with Crippen LogP contribution in [0.1, 0.15) is 24.5 Å². The van der Waals surface area contributed by atoms with Gasteiger partial charge in [-0.25, -0.2) is 0 Å².